The molecule has 1 saturated heterocycles. The summed E-state index contributed by atoms with van der Waals surface area (Å²) in [4.78, 5) is 25.2. The Bertz CT molecular complexity index is 810. The summed E-state index contributed by atoms with van der Waals surface area (Å²) in [5.41, 5.74) is 1.12. The predicted octanol–water partition coefficient (Wildman–Crippen LogP) is 2.15. The van der Waals surface area contributed by atoms with Gasteiger partial charge in [-0.25, -0.2) is 13.2 Å². The zero-order chi connectivity index (χ0) is 20.7. The molecule has 0 radical (unpaired) electrons. The average Bonchev–Trinajstić information content (AvgIpc) is 2.71. The van der Waals surface area contributed by atoms with E-state index in [0.29, 0.717) is 5.92 Å². The van der Waals surface area contributed by atoms with Crippen molar-refractivity contribution < 1.29 is 22.7 Å². The van der Waals surface area contributed by atoms with Crippen LogP contribution in [-0.2, 0) is 24.3 Å². The fraction of sp³-hybridized carbons (Fsp3) is 0.500. The van der Waals surface area contributed by atoms with E-state index in [2.05, 4.69) is 13.8 Å². The Balaban J connectivity index is 1.94. The van der Waals surface area contributed by atoms with E-state index in [-0.39, 0.29) is 43.6 Å². The largest absolute Gasteiger partial charge is 0.452 e. The van der Waals surface area contributed by atoms with Crippen LogP contribution in [0.2, 0.25) is 0 Å². The highest BCUT2D eigenvalue weighted by atomic mass is 32.2. The van der Waals surface area contributed by atoms with Crippen LogP contribution in [0.1, 0.15) is 38.7 Å². The number of rotatable bonds is 7. The standard InChI is InChI=1S/C20H28N2O5S/c1-4-6-20(24)27-15-19(23)21-11-13-22(14-12-21)28(25,26)18-9-7-17(8-10-18)16(3)5-2/h4,6-10,16H,5,11-15H2,1-3H3/b6-4+/t16-/m1/s1. The summed E-state index contributed by atoms with van der Waals surface area (Å²) in [5.74, 6) is -0.515. The molecule has 154 valence electrons. The van der Waals surface area contributed by atoms with Crippen LogP contribution < -0.4 is 0 Å². The second-order valence-electron chi connectivity index (χ2n) is 6.77. The summed E-state index contributed by atoms with van der Waals surface area (Å²) in [7, 11) is -3.59. The Morgan fingerprint density at radius 3 is 2.29 bits per heavy atom. The van der Waals surface area contributed by atoms with Crippen LogP contribution in [0.3, 0.4) is 0 Å². The van der Waals surface area contributed by atoms with Gasteiger partial charge in [0.05, 0.1) is 4.90 Å². The lowest BCUT2D eigenvalue weighted by Crippen LogP contribution is -2.51. The minimum Gasteiger partial charge on any atom is -0.452 e. The minimum absolute atomic E-state index is 0.212. The molecule has 8 heteroatoms. The molecule has 0 bridgehead atoms. The normalized spacial score (nSPS) is 16.9. The first-order chi connectivity index (χ1) is 13.3. The first kappa shape index (κ1) is 22.1. The maximum Gasteiger partial charge on any atom is 0.330 e. The van der Waals surface area contributed by atoms with Crippen molar-refractivity contribution in [2.45, 2.75) is 38.0 Å². The van der Waals surface area contributed by atoms with Crippen molar-refractivity contribution in [1.29, 1.82) is 0 Å². The molecule has 1 aromatic carbocycles. The van der Waals surface area contributed by atoms with Gasteiger partial charge in [0.1, 0.15) is 0 Å². The van der Waals surface area contributed by atoms with Crippen molar-refractivity contribution in [1.82, 2.24) is 9.21 Å². The fourth-order valence-electron chi connectivity index (χ4n) is 2.94. The Labute approximate surface area is 167 Å². The molecule has 1 aromatic rings. The maximum atomic E-state index is 12.8. The van der Waals surface area contributed by atoms with Crippen molar-refractivity contribution in [3.63, 3.8) is 0 Å². The van der Waals surface area contributed by atoms with Crippen LogP contribution in [0, 0.1) is 0 Å². The van der Waals surface area contributed by atoms with Crippen LogP contribution in [0.25, 0.3) is 0 Å². The van der Waals surface area contributed by atoms with E-state index in [9.17, 15) is 18.0 Å². The molecular formula is C20H28N2O5S. The molecule has 1 aliphatic rings. The Hall–Kier alpha value is -2.19. The van der Waals surface area contributed by atoms with Gasteiger partial charge in [-0.3, -0.25) is 4.79 Å². The third kappa shape index (κ3) is 5.42. The topological polar surface area (TPSA) is 84.0 Å². The molecule has 0 saturated carbocycles. The number of esters is 1. The first-order valence-corrected chi connectivity index (χ1v) is 10.9. The summed E-state index contributed by atoms with van der Waals surface area (Å²) >= 11 is 0. The van der Waals surface area contributed by atoms with Crippen LogP contribution in [0.5, 0.6) is 0 Å². The molecule has 0 unspecified atom stereocenters. The van der Waals surface area contributed by atoms with Gasteiger partial charge >= 0.3 is 5.97 Å². The number of nitrogens with zero attached hydrogens (tertiary/aromatic N) is 2. The maximum absolute atomic E-state index is 12.8. The first-order valence-electron chi connectivity index (χ1n) is 9.47. The number of benzene rings is 1. The van der Waals surface area contributed by atoms with Gasteiger partial charge in [0.2, 0.25) is 10.0 Å². The van der Waals surface area contributed by atoms with Gasteiger partial charge in [-0.15, -0.1) is 0 Å². The molecule has 2 rings (SSSR count). The van der Waals surface area contributed by atoms with Gasteiger partial charge in [-0.2, -0.15) is 4.31 Å². The molecule has 7 nitrogen and oxygen atoms in total. The van der Waals surface area contributed by atoms with E-state index in [4.69, 9.17) is 4.74 Å². The Kier molecular flexibility index (Phi) is 7.77. The summed E-state index contributed by atoms with van der Waals surface area (Å²) in [6.07, 6.45) is 3.77. The highest BCUT2D eigenvalue weighted by molar-refractivity contribution is 7.89. The van der Waals surface area contributed by atoms with Crippen LogP contribution >= 0.6 is 0 Å². The van der Waals surface area contributed by atoms with Gasteiger partial charge in [0, 0.05) is 32.3 Å². The molecule has 0 aliphatic carbocycles. The fourth-order valence-corrected chi connectivity index (χ4v) is 4.36. The number of ether oxygens (including phenoxy) is 1. The highest BCUT2D eigenvalue weighted by Gasteiger charge is 2.30. The minimum atomic E-state index is -3.59. The molecule has 0 spiro atoms. The van der Waals surface area contributed by atoms with E-state index in [1.807, 2.05) is 12.1 Å². The van der Waals surface area contributed by atoms with Gasteiger partial charge in [0.15, 0.2) is 6.61 Å². The number of sulfonamides is 1. The number of carbonyl (C=O) groups is 2. The lowest BCUT2D eigenvalue weighted by atomic mass is 9.99. The molecule has 0 aromatic heterocycles. The van der Waals surface area contributed by atoms with Crippen LogP contribution in [-0.4, -0.2) is 62.3 Å². The predicted molar refractivity (Wildman–Crippen MR) is 106 cm³/mol. The van der Waals surface area contributed by atoms with Crippen LogP contribution in [0.15, 0.2) is 41.3 Å². The number of hydrogen-bond acceptors (Lipinski definition) is 5. The molecule has 1 amide bonds. The van der Waals surface area contributed by atoms with Gasteiger partial charge < -0.3 is 9.64 Å². The monoisotopic (exact) mass is 408 g/mol. The van der Waals surface area contributed by atoms with E-state index in [0.717, 1.165) is 12.0 Å². The number of allylic oxidation sites excluding steroid dienone is 1. The quantitative estimate of drug-likeness (QED) is 0.510. The van der Waals surface area contributed by atoms with Gasteiger partial charge in [-0.1, -0.05) is 32.1 Å². The summed E-state index contributed by atoms with van der Waals surface area (Å²) in [6.45, 7) is 6.50. The summed E-state index contributed by atoms with van der Waals surface area (Å²) in [6, 6.07) is 7.02. The Morgan fingerprint density at radius 1 is 1.14 bits per heavy atom. The SMILES string of the molecule is C/C=C/C(=O)OCC(=O)N1CCN(S(=O)(=O)c2ccc([C@H](C)CC)cc2)CC1. The number of amides is 1. The van der Waals surface area contributed by atoms with Crippen molar-refractivity contribution in [3.8, 4) is 0 Å². The molecule has 1 atom stereocenters. The second-order valence-corrected chi connectivity index (χ2v) is 8.71. The molecule has 28 heavy (non-hydrogen) atoms. The number of carbonyl (C=O) groups excluding carboxylic acids is 2. The summed E-state index contributed by atoms with van der Waals surface area (Å²) in [5, 5.41) is 0. The van der Waals surface area contributed by atoms with Gasteiger partial charge in [0.25, 0.3) is 5.91 Å². The van der Waals surface area contributed by atoms with E-state index >= 15 is 0 Å². The zero-order valence-electron chi connectivity index (χ0n) is 16.6. The third-order valence-electron chi connectivity index (χ3n) is 4.93. The smallest absolute Gasteiger partial charge is 0.330 e. The van der Waals surface area contributed by atoms with Crippen molar-refractivity contribution in [2.75, 3.05) is 32.8 Å². The Morgan fingerprint density at radius 2 is 1.75 bits per heavy atom. The molecule has 0 N–H and O–H groups in total. The molecule has 1 fully saturated rings. The van der Waals surface area contributed by atoms with E-state index < -0.39 is 16.0 Å². The number of hydrogen-bond donors (Lipinski definition) is 0. The van der Waals surface area contributed by atoms with Gasteiger partial charge in [-0.05, 0) is 37.0 Å². The molecule has 1 heterocycles. The highest BCUT2D eigenvalue weighted by Crippen LogP contribution is 2.23. The molecular weight excluding hydrogens is 380 g/mol. The average molecular weight is 409 g/mol. The third-order valence-corrected chi connectivity index (χ3v) is 6.84. The lowest BCUT2D eigenvalue weighted by molar-refractivity contribution is -0.148. The number of piperazine rings is 1. The summed E-state index contributed by atoms with van der Waals surface area (Å²) < 4.78 is 31.9. The zero-order valence-corrected chi connectivity index (χ0v) is 17.4. The van der Waals surface area contributed by atoms with Crippen molar-refractivity contribution in [3.05, 3.63) is 42.0 Å². The van der Waals surface area contributed by atoms with Crippen molar-refractivity contribution in [2.24, 2.45) is 0 Å². The second kappa shape index (κ2) is 9.84. The van der Waals surface area contributed by atoms with E-state index in [1.54, 1.807) is 19.1 Å². The van der Waals surface area contributed by atoms with Crippen molar-refractivity contribution >= 4 is 21.9 Å². The lowest BCUT2D eigenvalue weighted by Gasteiger charge is -2.33. The van der Waals surface area contributed by atoms with E-state index in [1.165, 1.54) is 21.4 Å². The van der Waals surface area contributed by atoms with Crippen LogP contribution in [0.4, 0.5) is 0 Å². The molecule has 1 aliphatic heterocycles.